The second kappa shape index (κ2) is 39.7. The minimum absolute atomic E-state index is 0.0223. The number of fused-ring (bicyclic) bond motifs is 5. The van der Waals surface area contributed by atoms with E-state index in [1.165, 1.54) is 11.1 Å². The lowest BCUT2D eigenvalue weighted by molar-refractivity contribution is 0.245. The van der Waals surface area contributed by atoms with Gasteiger partial charge in [0.15, 0.2) is 0 Å². The number of phenolic OH excluding ortho intramolecular Hbond substituents is 11. The lowest BCUT2D eigenvalue weighted by Gasteiger charge is -2.35. The van der Waals surface area contributed by atoms with Crippen LogP contribution >= 0.6 is 0 Å². The first-order valence-electron chi connectivity index (χ1n) is 43.2. The van der Waals surface area contributed by atoms with Crippen molar-refractivity contribution in [2.45, 2.75) is 73.0 Å². The van der Waals surface area contributed by atoms with Gasteiger partial charge in [-0.1, -0.05) is 158 Å². The van der Waals surface area contributed by atoms with Crippen LogP contribution in [-0.4, -0.2) is 118 Å². The Morgan fingerprint density at radius 1 is 0.206 bits per heavy atom. The molecule has 0 aliphatic carbocycles. The second-order valence-electron chi connectivity index (χ2n) is 33.0. The maximum Gasteiger partial charge on any atom is 0.129 e. The number of para-hydroxylation sites is 1. The fraction of sp³-hybridized carbons (Fsp3) is 0.189. The zero-order valence-corrected chi connectivity index (χ0v) is 73.0. The SMILES string of the molecule is COc1ccc(C2COc3c(ccc(O)c3C)C2c2ccc(OC)cc2)cc1.COc1ccc(C2c3ccc(O)c(C)c3OCC2c2ccc(O)cc2)cc1.COc1cccc(C2c3ccc(O)cc3OCC2c2cccc(O)c2)c1.Oc1ccc(C2COc3cc(O)ccc3C2c2ccc(O)cc2)cc1.Oc1ccc(C2COc3cc(O)ccc3C2c2ccccc2O)cc1. The summed E-state index contributed by atoms with van der Waals surface area (Å²) >= 11 is 0. The van der Waals surface area contributed by atoms with Gasteiger partial charge >= 0.3 is 0 Å². The van der Waals surface area contributed by atoms with E-state index in [1.807, 2.05) is 172 Å². The van der Waals surface area contributed by atoms with Crippen molar-refractivity contribution in [3.05, 3.63) is 416 Å². The van der Waals surface area contributed by atoms with E-state index in [0.29, 0.717) is 50.3 Å². The van der Waals surface area contributed by atoms with Gasteiger partial charge < -0.3 is 98.8 Å². The first-order valence-corrected chi connectivity index (χ1v) is 43.2. The van der Waals surface area contributed by atoms with Crippen molar-refractivity contribution < 1.29 is 98.8 Å². The van der Waals surface area contributed by atoms with Crippen molar-refractivity contribution in [2.75, 3.05) is 61.5 Å². The highest BCUT2D eigenvalue weighted by atomic mass is 16.5. The highest BCUT2D eigenvalue weighted by molar-refractivity contribution is 5.61. The maximum atomic E-state index is 10.4. The minimum atomic E-state index is -0.116. The van der Waals surface area contributed by atoms with E-state index < -0.39 is 0 Å². The zero-order chi connectivity index (χ0) is 91.5. The maximum absolute atomic E-state index is 10.4. The molecule has 5 aliphatic heterocycles. The number of methoxy groups -OCH3 is 4. The summed E-state index contributed by atoms with van der Waals surface area (Å²) in [5, 5.41) is 108. The van der Waals surface area contributed by atoms with Gasteiger partial charge in [-0.25, -0.2) is 0 Å². The van der Waals surface area contributed by atoms with E-state index in [4.69, 9.17) is 42.6 Å². The standard InChI is InChI=1S/C24H24O4.C23H22O4.C22H20O4.2C21H18O4/c1-15-22(25)13-12-20-23(17-6-10-19(27-3)11-7-17)21(14-28-24(15)20)16-4-8-18(26-2)9-5-16;1-14-21(25)12-11-19-22(16-5-9-18(26-2)10-6-16)20(13-27-23(14)19)15-3-7-17(24)8-4-15;1-25-18-7-3-5-15(11-18)22-19-9-8-17(24)12-21(19)26-13-20(22)14-4-2-6-16(23)10-14;22-15-5-1-13(2-6-15)19-12-25-20-11-17(24)9-10-18(20)21(19)14-3-7-16(23)8-4-14;22-14-7-5-13(6-8-14)18-12-25-20-11-15(23)9-10-17(20)21(18)16-3-1-2-4-19(16)24/h4-13,21,23,25H,14H2,1-3H3;3-12,20,22,24-25H,13H2,1-2H3;2-12,20,22-24H,13H2,1H3;1-11,19,21-24H,12H2;1-11,18,21-24H,12H2. The summed E-state index contributed by atoms with van der Waals surface area (Å²) in [4.78, 5) is 0. The summed E-state index contributed by atoms with van der Waals surface area (Å²) in [6.45, 7) is 6.15. The Balaban J connectivity index is 0.000000120. The van der Waals surface area contributed by atoms with E-state index in [-0.39, 0.29) is 122 Å². The molecule has 5 heterocycles. The van der Waals surface area contributed by atoms with Crippen LogP contribution in [0.15, 0.2) is 322 Å². The van der Waals surface area contributed by atoms with Crippen LogP contribution in [0.3, 0.4) is 0 Å². The molecule has 0 spiro atoms. The molecule has 0 aromatic heterocycles. The first kappa shape index (κ1) is 88.7. The molecule has 666 valence electrons. The molecule has 10 atom stereocenters. The first-order chi connectivity index (χ1) is 63.6. The third-order valence-electron chi connectivity index (χ3n) is 25.3. The van der Waals surface area contributed by atoms with Crippen LogP contribution in [0.5, 0.6) is 115 Å². The molecular formula is C111H102O20. The van der Waals surface area contributed by atoms with Crippen molar-refractivity contribution in [1.29, 1.82) is 0 Å². The normalized spacial score (nSPS) is 18.6. The van der Waals surface area contributed by atoms with Gasteiger partial charge in [0.1, 0.15) is 115 Å². The number of hydrogen-bond donors (Lipinski definition) is 11. The largest absolute Gasteiger partial charge is 0.508 e. The lowest BCUT2D eigenvalue weighted by Crippen LogP contribution is -2.25. The summed E-state index contributed by atoms with van der Waals surface area (Å²) in [5.41, 5.74) is 17.3. The van der Waals surface area contributed by atoms with E-state index in [0.717, 1.165) is 118 Å². The van der Waals surface area contributed by atoms with Crippen molar-refractivity contribution in [3.8, 4) is 115 Å². The average Bonchev–Trinajstić information content (AvgIpc) is 0.784. The van der Waals surface area contributed by atoms with Crippen LogP contribution in [0.4, 0.5) is 0 Å². The molecule has 20 heteroatoms. The molecule has 15 aromatic carbocycles. The topological polar surface area (TPSA) is 306 Å². The van der Waals surface area contributed by atoms with Crippen molar-refractivity contribution >= 4 is 0 Å². The number of rotatable bonds is 14. The molecule has 0 fully saturated rings. The van der Waals surface area contributed by atoms with Gasteiger partial charge in [0.25, 0.3) is 0 Å². The van der Waals surface area contributed by atoms with Gasteiger partial charge in [0.05, 0.1) is 61.5 Å². The third kappa shape index (κ3) is 19.6. The quantitative estimate of drug-likeness (QED) is 0.0482. The summed E-state index contributed by atoms with van der Waals surface area (Å²) in [7, 11) is 6.65. The summed E-state index contributed by atoms with van der Waals surface area (Å²) in [6.07, 6.45) is 0. The predicted molar refractivity (Wildman–Crippen MR) is 501 cm³/mol. The van der Waals surface area contributed by atoms with E-state index in [9.17, 15) is 56.2 Å². The highest BCUT2D eigenvalue weighted by Gasteiger charge is 2.41. The van der Waals surface area contributed by atoms with E-state index in [2.05, 4.69) is 42.5 Å². The van der Waals surface area contributed by atoms with Gasteiger partial charge in [-0.2, -0.15) is 0 Å². The minimum Gasteiger partial charge on any atom is -0.508 e. The predicted octanol–water partition coefficient (Wildman–Crippen LogP) is 22.4. The van der Waals surface area contributed by atoms with Gasteiger partial charge in [-0.3, -0.25) is 0 Å². The monoisotopic (exact) mass is 1750 g/mol. The number of ether oxygens (including phenoxy) is 9. The average molecular weight is 1760 g/mol. The van der Waals surface area contributed by atoms with Crippen LogP contribution in [0.25, 0.3) is 0 Å². The molecule has 0 bridgehead atoms. The Hall–Kier alpha value is -15.7. The van der Waals surface area contributed by atoms with Crippen molar-refractivity contribution in [3.63, 3.8) is 0 Å². The number of benzene rings is 15. The Labute approximate surface area is 760 Å². The Kier molecular flexibility index (Phi) is 26.9. The van der Waals surface area contributed by atoms with Crippen LogP contribution in [0.1, 0.15) is 154 Å². The van der Waals surface area contributed by atoms with E-state index in [1.54, 1.807) is 150 Å². The molecule has 10 unspecified atom stereocenters. The molecule has 5 aliphatic rings. The van der Waals surface area contributed by atoms with Gasteiger partial charge in [-0.15, -0.1) is 0 Å². The molecule has 20 rings (SSSR count). The molecule has 11 N–H and O–H groups in total. The van der Waals surface area contributed by atoms with E-state index >= 15 is 0 Å². The van der Waals surface area contributed by atoms with Crippen LogP contribution in [0, 0.1) is 13.8 Å². The van der Waals surface area contributed by atoms with Crippen molar-refractivity contribution in [2.24, 2.45) is 0 Å². The molecule has 20 nitrogen and oxygen atoms in total. The summed E-state index contributed by atoms with van der Waals surface area (Å²) < 4.78 is 51.3. The van der Waals surface area contributed by atoms with Crippen LogP contribution in [0.2, 0.25) is 0 Å². The Morgan fingerprint density at radius 2 is 0.496 bits per heavy atom. The van der Waals surface area contributed by atoms with Gasteiger partial charge in [-0.05, 0) is 210 Å². The van der Waals surface area contributed by atoms with Crippen molar-refractivity contribution in [1.82, 2.24) is 0 Å². The molecule has 0 amide bonds. The van der Waals surface area contributed by atoms with Gasteiger partial charge in [0.2, 0.25) is 0 Å². The number of phenols is 11. The molecular weight excluding hydrogens is 1650 g/mol. The number of hydrogen-bond acceptors (Lipinski definition) is 20. The Morgan fingerprint density at radius 3 is 0.878 bits per heavy atom. The lowest BCUT2D eigenvalue weighted by atomic mass is 9.75. The molecule has 0 saturated heterocycles. The smallest absolute Gasteiger partial charge is 0.129 e. The highest BCUT2D eigenvalue weighted by Crippen LogP contribution is 2.55. The summed E-state index contributed by atoms with van der Waals surface area (Å²) in [6, 6.07) is 98.7. The molecule has 15 aromatic rings. The zero-order valence-electron chi connectivity index (χ0n) is 73.0. The third-order valence-corrected chi connectivity index (χ3v) is 25.3. The fourth-order valence-electron chi connectivity index (χ4n) is 18.6. The number of aromatic hydroxyl groups is 11. The fourth-order valence-corrected chi connectivity index (χ4v) is 18.6. The second-order valence-corrected chi connectivity index (χ2v) is 33.0. The Bertz CT molecular complexity index is 6440. The summed E-state index contributed by atoms with van der Waals surface area (Å²) in [5.74, 6) is 9.63. The van der Waals surface area contributed by atoms with Gasteiger partial charge in [0, 0.05) is 122 Å². The van der Waals surface area contributed by atoms with Crippen LogP contribution < -0.4 is 42.6 Å². The molecule has 0 saturated carbocycles. The molecule has 0 radical (unpaired) electrons. The van der Waals surface area contributed by atoms with Crippen LogP contribution in [-0.2, 0) is 0 Å². The molecule has 131 heavy (non-hydrogen) atoms.